The van der Waals surface area contributed by atoms with E-state index in [0.717, 1.165) is 11.1 Å². The molecule has 26 heavy (non-hydrogen) atoms. The highest BCUT2D eigenvalue weighted by molar-refractivity contribution is 6.30. The molecule has 1 N–H and O–H groups in total. The first-order valence-corrected chi connectivity index (χ1v) is 8.53. The summed E-state index contributed by atoms with van der Waals surface area (Å²) in [4.78, 5) is 27.5. The van der Waals surface area contributed by atoms with Crippen LogP contribution >= 0.6 is 11.6 Å². The van der Waals surface area contributed by atoms with Crippen molar-refractivity contribution < 1.29 is 19.1 Å². The lowest BCUT2D eigenvalue weighted by Crippen LogP contribution is -2.24. The fourth-order valence-electron chi connectivity index (χ4n) is 2.20. The van der Waals surface area contributed by atoms with Crippen LogP contribution in [0.4, 0.5) is 5.82 Å². The lowest BCUT2D eigenvalue weighted by Gasteiger charge is -2.14. The quantitative estimate of drug-likeness (QED) is 0.745. The molecule has 2 rings (SSSR count). The summed E-state index contributed by atoms with van der Waals surface area (Å²) in [5.41, 5.74) is 2.04. The topological polar surface area (TPSA) is 77.5 Å². The van der Waals surface area contributed by atoms with Crippen LogP contribution in [-0.4, -0.2) is 30.1 Å². The van der Waals surface area contributed by atoms with Gasteiger partial charge >= 0.3 is 5.97 Å². The number of carbonyl (C=O) groups is 2. The van der Waals surface area contributed by atoms with Gasteiger partial charge < -0.3 is 14.8 Å². The smallest absolute Gasteiger partial charge is 0.344 e. The molecule has 1 aromatic carbocycles. The van der Waals surface area contributed by atoms with E-state index in [0.29, 0.717) is 16.6 Å². The van der Waals surface area contributed by atoms with E-state index in [9.17, 15) is 9.59 Å². The number of nitrogens with one attached hydrogen (secondary N) is 1. The third-order valence-electron chi connectivity index (χ3n) is 3.50. The van der Waals surface area contributed by atoms with Crippen LogP contribution in [0.2, 0.25) is 5.02 Å². The number of hydrogen-bond acceptors (Lipinski definition) is 5. The van der Waals surface area contributed by atoms with Crippen molar-refractivity contribution in [1.29, 1.82) is 0 Å². The molecule has 0 saturated heterocycles. The number of benzene rings is 1. The normalized spacial score (nSPS) is 10.5. The molecule has 0 radical (unpaired) electrons. The molecule has 6 nitrogen and oxygen atoms in total. The number of nitrogens with zero attached hydrogens (tertiary/aromatic N) is 1. The second kappa shape index (κ2) is 9.20. The zero-order valence-electron chi connectivity index (χ0n) is 14.9. The Balaban J connectivity index is 1.81. The Hall–Kier alpha value is -2.60. The van der Waals surface area contributed by atoms with E-state index >= 15 is 0 Å². The fraction of sp³-hybridized carbons (Fsp3) is 0.316. The minimum Gasteiger partial charge on any atom is -0.482 e. The number of aryl methyl sites for hydroxylation is 1. The zero-order valence-corrected chi connectivity index (χ0v) is 15.7. The van der Waals surface area contributed by atoms with Crippen LogP contribution in [0.25, 0.3) is 0 Å². The molecule has 1 heterocycles. The Bertz CT molecular complexity index is 776. The molecule has 2 aromatic rings. The van der Waals surface area contributed by atoms with Crippen molar-refractivity contribution in [3.8, 4) is 5.75 Å². The molecule has 0 unspecified atom stereocenters. The summed E-state index contributed by atoms with van der Waals surface area (Å²) in [6, 6.07) is 9.00. The van der Waals surface area contributed by atoms with E-state index in [1.807, 2.05) is 39.0 Å². The van der Waals surface area contributed by atoms with Gasteiger partial charge in [-0.2, -0.15) is 0 Å². The van der Waals surface area contributed by atoms with Gasteiger partial charge in [-0.25, -0.2) is 9.78 Å². The van der Waals surface area contributed by atoms with E-state index in [2.05, 4.69) is 10.3 Å². The van der Waals surface area contributed by atoms with Gasteiger partial charge in [0, 0.05) is 6.20 Å². The Morgan fingerprint density at radius 1 is 1.19 bits per heavy atom. The molecule has 1 aromatic heterocycles. The fourth-order valence-corrected chi connectivity index (χ4v) is 2.31. The number of hydrogen-bond donors (Lipinski definition) is 1. The van der Waals surface area contributed by atoms with Gasteiger partial charge in [-0.05, 0) is 42.2 Å². The van der Waals surface area contributed by atoms with Gasteiger partial charge in [-0.15, -0.1) is 0 Å². The second-order valence-corrected chi connectivity index (χ2v) is 6.49. The van der Waals surface area contributed by atoms with Gasteiger partial charge in [0.2, 0.25) is 0 Å². The Kier molecular flexibility index (Phi) is 6.97. The lowest BCUT2D eigenvalue weighted by atomic mass is 10.0. The number of carbonyl (C=O) groups excluding carboxylic acids is 2. The molecular weight excluding hydrogens is 356 g/mol. The van der Waals surface area contributed by atoms with Crippen LogP contribution in [0.1, 0.15) is 30.9 Å². The Morgan fingerprint density at radius 3 is 2.62 bits per heavy atom. The number of pyridine rings is 1. The third kappa shape index (κ3) is 6.04. The highest BCUT2D eigenvalue weighted by Gasteiger charge is 2.12. The molecule has 0 bridgehead atoms. The maximum absolute atomic E-state index is 11.8. The first kappa shape index (κ1) is 19.7. The van der Waals surface area contributed by atoms with Crippen molar-refractivity contribution in [2.24, 2.45) is 0 Å². The Labute approximate surface area is 157 Å². The van der Waals surface area contributed by atoms with Crippen LogP contribution in [0.15, 0.2) is 36.5 Å². The van der Waals surface area contributed by atoms with Crippen molar-refractivity contribution in [2.45, 2.75) is 26.7 Å². The summed E-state index contributed by atoms with van der Waals surface area (Å²) in [6.07, 6.45) is 1.41. The van der Waals surface area contributed by atoms with E-state index < -0.39 is 18.5 Å². The predicted molar refractivity (Wildman–Crippen MR) is 99.6 cm³/mol. The number of anilines is 1. The average Bonchev–Trinajstić information content (AvgIpc) is 2.60. The molecule has 1 amide bonds. The first-order chi connectivity index (χ1) is 12.3. The summed E-state index contributed by atoms with van der Waals surface area (Å²) < 4.78 is 10.5. The minimum absolute atomic E-state index is 0.263. The molecule has 0 spiro atoms. The summed E-state index contributed by atoms with van der Waals surface area (Å²) in [5, 5.41) is 2.96. The number of esters is 1. The SMILES string of the molecule is Cc1ccc(C(C)C)c(OCC(=O)OCC(=O)Nc2ccc(Cl)cn2)c1. The van der Waals surface area contributed by atoms with Crippen molar-refractivity contribution >= 4 is 29.3 Å². The molecule has 0 fully saturated rings. The first-order valence-electron chi connectivity index (χ1n) is 8.15. The lowest BCUT2D eigenvalue weighted by molar-refractivity contribution is -0.149. The maximum atomic E-state index is 11.8. The highest BCUT2D eigenvalue weighted by Crippen LogP contribution is 2.27. The van der Waals surface area contributed by atoms with E-state index in [-0.39, 0.29) is 12.5 Å². The van der Waals surface area contributed by atoms with E-state index in [1.165, 1.54) is 6.20 Å². The zero-order chi connectivity index (χ0) is 19.1. The second-order valence-electron chi connectivity index (χ2n) is 6.06. The van der Waals surface area contributed by atoms with Crippen molar-refractivity contribution in [3.05, 3.63) is 52.7 Å². The molecular formula is C19H21ClN2O4. The largest absolute Gasteiger partial charge is 0.482 e. The van der Waals surface area contributed by atoms with Crippen LogP contribution < -0.4 is 10.1 Å². The van der Waals surface area contributed by atoms with Gasteiger partial charge in [0.25, 0.3) is 5.91 Å². The molecule has 0 aliphatic heterocycles. The molecule has 138 valence electrons. The van der Waals surface area contributed by atoms with Crippen molar-refractivity contribution in [1.82, 2.24) is 4.98 Å². The van der Waals surface area contributed by atoms with Crippen LogP contribution in [0.3, 0.4) is 0 Å². The molecule has 7 heteroatoms. The van der Waals surface area contributed by atoms with Crippen molar-refractivity contribution in [2.75, 3.05) is 18.5 Å². The summed E-state index contributed by atoms with van der Waals surface area (Å²) in [6.45, 7) is 5.35. The van der Waals surface area contributed by atoms with Gasteiger partial charge in [-0.3, -0.25) is 4.79 Å². The standard InChI is InChI=1S/C19H21ClN2O4/c1-12(2)15-6-4-13(3)8-16(15)25-11-19(24)26-10-18(23)22-17-7-5-14(20)9-21-17/h4-9,12H,10-11H2,1-3H3,(H,21,22,23). The molecule has 0 atom stereocenters. The molecule has 0 saturated carbocycles. The third-order valence-corrected chi connectivity index (χ3v) is 3.72. The number of aromatic nitrogens is 1. The Morgan fingerprint density at radius 2 is 1.96 bits per heavy atom. The maximum Gasteiger partial charge on any atom is 0.344 e. The van der Waals surface area contributed by atoms with Crippen LogP contribution in [-0.2, 0) is 14.3 Å². The molecule has 0 aliphatic carbocycles. The summed E-state index contributed by atoms with van der Waals surface area (Å²) in [7, 11) is 0. The monoisotopic (exact) mass is 376 g/mol. The van der Waals surface area contributed by atoms with Crippen LogP contribution in [0, 0.1) is 6.92 Å². The van der Waals surface area contributed by atoms with Gasteiger partial charge in [-0.1, -0.05) is 37.6 Å². The number of amides is 1. The number of rotatable bonds is 7. The predicted octanol–water partition coefficient (Wildman–Crippen LogP) is 3.73. The van der Waals surface area contributed by atoms with Crippen molar-refractivity contribution in [3.63, 3.8) is 0 Å². The minimum atomic E-state index is -0.625. The summed E-state index contributed by atoms with van der Waals surface area (Å²) >= 11 is 5.72. The van der Waals surface area contributed by atoms with Crippen LogP contribution in [0.5, 0.6) is 5.75 Å². The molecule has 0 aliphatic rings. The highest BCUT2D eigenvalue weighted by atomic mass is 35.5. The number of ether oxygens (including phenoxy) is 2. The van der Waals surface area contributed by atoms with Gasteiger partial charge in [0.15, 0.2) is 13.2 Å². The number of halogens is 1. The van der Waals surface area contributed by atoms with Gasteiger partial charge in [0.05, 0.1) is 5.02 Å². The average molecular weight is 377 g/mol. The van der Waals surface area contributed by atoms with E-state index in [4.69, 9.17) is 21.1 Å². The van der Waals surface area contributed by atoms with Gasteiger partial charge in [0.1, 0.15) is 11.6 Å². The summed E-state index contributed by atoms with van der Waals surface area (Å²) in [5.74, 6) is 0.117. The van der Waals surface area contributed by atoms with E-state index in [1.54, 1.807) is 12.1 Å².